The van der Waals surface area contributed by atoms with Crippen LogP contribution in [0.1, 0.15) is 35.0 Å². The fourth-order valence-electron chi connectivity index (χ4n) is 2.13. The minimum absolute atomic E-state index is 0.287. The molecule has 1 fully saturated rings. The molecule has 4 rings (SSSR count). The molecule has 3 aromatic heterocycles. The second-order valence-electron chi connectivity index (χ2n) is 4.79. The molecule has 0 radical (unpaired) electrons. The molecule has 0 saturated heterocycles. The Hall–Kier alpha value is -2.48. The molecule has 1 amide bonds. The number of aromatic nitrogens is 4. The quantitative estimate of drug-likeness (QED) is 0.772. The van der Waals surface area contributed by atoms with Crippen molar-refractivity contribution in [1.82, 2.24) is 20.2 Å². The van der Waals surface area contributed by atoms with Gasteiger partial charge in [0.1, 0.15) is 16.5 Å². The van der Waals surface area contributed by atoms with E-state index in [2.05, 4.69) is 25.5 Å². The number of amides is 1. The van der Waals surface area contributed by atoms with E-state index in [4.69, 9.17) is 4.42 Å². The summed E-state index contributed by atoms with van der Waals surface area (Å²) in [6.07, 6.45) is 6.68. The lowest BCUT2D eigenvalue weighted by Crippen LogP contribution is -2.14. The maximum Gasteiger partial charge on any atom is 0.278 e. The Balaban J connectivity index is 1.60. The van der Waals surface area contributed by atoms with Crippen molar-refractivity contribution in [2.75, 3.05) is 5.32 Å². The lowest BCUT2D eigenvalue weighted by atomic mass is 10.2. The number of oxazole rings is 1. The number of thiazole rings is 1. The Bertz CT molecular complexity index is 772. The SMILES string of the molecule is O=C(Nc1cn[nH]c1-c1nccs1)c1ncoc1C1CC1. The van der Waals surface area contributed by atoms with E-state index in [1.165, 1.54) is 17.7 Å². The predicted octanol–water partition coefficient (Wildman–Crippen LogP) is 2.65. The van der Waals surface area contributed by atoms with Gasteiger partial charge in [0.05, 0.1) is 11.9 Å². The Labute approximate surface area is 123 Å². The average molecular weight is 301 g/mol. The first-order valence-corrected chi connectivity index (χ1v) is 7.39. The summed E-state index contributed by atoms with van der Waals surface area (Å²) < 4.78 is 5.33. The summed E-state index contributed by atoms with van der Waals surface area (Å²) in [5.74, 6) is 0.715. The summed E-state index contributed by atoms with van der Waals surface area (Å²) in [6, 6.07) is 0. The molecule has 0 spiro atoms. The largest absolute Gasteiger partial charge is 0.447 e. The molecule has 3 heterocycles. The summed E-state index contributed by atoms with van der Waals surface area (Å²) >= 11 is 1.47. The van der Waals surface area contributed by atoms with Gasteiger partial charge < -0.3 is 9.73 Å². The maximum absolute atomic E-state index is 12.4. The highest BCUT2D eigenvalue weighted by Crippen LogP contribution is 2.41. The standard InChI is InChI=1S/C13H11N5O2S/c19-12(10-11(7-1-2-7)20-6-15-10)17-8-5-16-18-9(8)13-14-3-4-21-13/h3-7H,1-2H2,(H,16,18)(H,17,19). The van der Waals surface area contributed by atoms with Crippen LogP contribution in [-0.4, -0.2) is 26.1 Å². The van der Waals surface area contributed by atoms with Crippen LogP contribution in [0.15, 0.2) is 28.6 Å². The van der Waals surface area contributed by atoms with Crippen LogP contribution in [0.25, 0.3) is 10.7 Å². The van der Waals surface area contributed by atoms with Crippen molar-refractivity contribution in [3.05, 3.63) is 35.6 Å². The molecule has 21 heavy (non-hydrogen) atoms. The van der Waals surface area contributed by atoms with Crippen LogP contribution in [0.4, 0.5) is 5.69 Å². The molecule has 2 N–H and O–H groups in total. The van der Waals surface area contributed by atoms with Crippen LogP contribution >= 0.6 is 11.3 Å². The Morgan fingerprint density at radius 1 is 1.43 bits per heavy atom. The van der Waals surface area contributed by atoms with Gasteiger partial charge in [-0.2, -0.15) is 5.10 Å². The smallest absolute Gasteiger partial charge is 0.278 e. The van der Waals surface area contributed by atoms with Gasteiger partial charge in [0, 0.05) is 17.5 Å². The lowest BCUT2D eigenvalue weighted by Gasteiger charge is -2.03. The van der Waals surface area contributed by atoms with Crippen molar-refractivity contribution in [3.8, 4) is 10.7 Å². The molecule has 1 aliphatic carbocycles. The number of carbonyl (C=O) groups excluding carboxylic acids is 1. The van der Waals surface area contributed by atoms with E-state index in [9.17, 15) is 4.79 Å². The van der Waals surface area contributed by atoms with Crippen LogP contribution < -0.4 is 5.32 Å². The van der Waals surface area contributed by atoms with Gasteiger partial charge in [-0.3, -0.25) is 9.89 Å². The van der Waals surface area contributed by atoms with Gasteiger partial charge in [-0.05, 0) is 12.8 Å². The zero-order valence-electron chi connectivity index (χ0n) is 10.9. The monoisotopic (exact) mass is 301 g/mol. The number of aromatic amines is 1. The predicted molar refractivity (Wildman–Crippen MR) is 76.1 cm³/mol. The van der Waals surface area contributed by atoms with Gasteiger partial charge in [-0.25, -0.2) is 9.97 Å². The average Bonchev–Trinajstić information content (AvgIpc) is 2.94. The molecule has 1 aliphatic rings. The van der Waals surface area contributed by atoms with Gasteiger partial charge in [0.15, 0.2) is 12.1 Å². The number of nitrogens with one attached hydrogen (secondary N) is 2. The fraction of sp³-hybridized carbons (Fsp3) is 0.231. The molecule has 0 aromatic carbocycles. The second-order valence-corrected chi connectivity index (χ2v) is 5.68. The molecule has 3 aromatic rings. The van der Waals surface area contributed by atoms with Crippen LogP contribution in [0.3, 0.4) is 0 Å². The number of carbonyl (C=O) groups is 1. The van der Waals surface area contributed by atoms with Crippen molar-refractivity contribution in [2.24, 2.45) is 0 Å². The minimum atomic E-state index is -0.287. The van der Waals surface area contributed by atoms with Crippen molar-refractivity contribution in [3.63, 3.8) is 0 Å². The first-order valence-electron chi connectivity index (χ1n) is 6.51. The molecule has 0 unspecified atom stereocenters. The van der Waals surface area contributed by atoms with E-state index >= 15 is 0 Å². The molecule has 0 bridgehead atoms. The third-order valence-corrected chi connectivity index (χ3v) is 4.08. The lowest BCUT2D eigenvalue weighted by molar-refractivity contribution is 0.102. The van der Waals surface area contributed by atoms with E-state index in [1.54, 1.807) is 12.4 Å². The Morgan fingerprint density at radius 3 is 3.10 bits per heavy atom. The normalized spacial score (nSPS) is 14.3. The number of nitrogens with zero attached hydrogens (tertiary/aromatic N) is 3. The van der Waals surface area contributed by atoms with E-state index in [0.29, 0.717) is 28.8 Å². The van der Waals surface area contributed by atoms with Gasteiger partial charge in [-0.1, -0.05) is 0 Å². The highest BCUT2D eigenvalue weighted by molar-refractivity contribution is 7.13. The van der Waals surface area contributed by atoms with Gasteiger partial charge >= 0.3 is 0 Å². The molecule has 1 saturated carbocycles. The van der Waals surface area contributed by atoms with Crippen molar-refractivity contribution >= 4 is 22.9 Å². The fourth-order valence-corrected chi connectivity index (χ4v) is 2.78. The van der Waals surface area contributed by atoms with Crippen LogP contribution in [0, 0.1) is 0 Å². The van der Waals surface area contributed by atoms with Crippen LogP contribution in [0.2, 0.25) is 0 Å². The van der Waals surface area contributed by atoms with Crippen molar-refractivity contribution in [1.29, 1.82) is 0 Å². The number of hydrogen-bond acceptors (Lipinski definition) is 6. The zero-order valence-corrected chi connectivity index (χ0v) is 11.7. The number of anilines is 1. The minimum Gasteiger partial charge on any atom is -0.447 e. The van der Waals surface area contributed by atoms with Crippen LogP contribution in [0.5, 0.6) is 0 Å². The van der Waals surface area contributed by atoms with Gasteiger partial charge in [0.25, 0.3) is 5.91 Å². The third-order valence-electron chi connectivity index (χ3n) is 3.29. The summed E-state index contributed by atoms with van der Waals surface area (Å²) in [4.78, 5) is 20.6. The van der Waals surface area contributed by atoms with E-state index in [0.717, 1.165) is 17.8 Å². The molecule has 7 nitrogen and oxygen atoms in total. The summed E-state index contributed by atoms with van der Waals surface area (Å²) in [5.41, 5.74) is 1.62. The second kappa shape index (κ2) is 4.81. The highest BCUT2D eigenvalue weighted by atomic mass is 32.1. The van der Waals surface area contributed by atoms with E-state index in [1.807, 2.05) is 5.38 Å². The van der Waals surface area contributed by atoms with Gasteiger partial charge in [0.2, 0.25) is 0 Å². The van der Waals surface area contributed by atoms with Crippen molar-refractivity contribution in [2.45, 2.75) is 18.8 Å². The maximum atomic E-state index is 12.4. The summed E-state index contributed by atoms with van der Waals surface area (Å²) in [6.45, 7) is 0. The van der Waals surface area contributed by atoms with E-state index < -0.39 is 0 Å². The molecule has 8 heteroatoms. The first-order chi connectivity index (χ1) is 10.3. The first kappa shape index (κ1) is 12.3. The molecule has 0 atom stereocenters. The molecule has 0 aliphatic heterocycles. The Morgan fingerprint density at radius 2 is 2.33 bits per heavy atom. The highest BCUT2D eigenvalue weighted by Gasteiger charge is 2.32. The zero-order chi connectivity index (χ0) is 14.2. The van der Waals surface area contributed by atoms with Gasteiger partial charge in [-0.15, -0.1) is 11.3 Å². The number of hydrogen-bond donors (Lipinski definition) is 2. The summed E-state index contributed by atoms with van der Waals surface area (Å²) in [7, 11) is 0. The molecular formula is C13H11N5O2S. The Kier molecular flexibility index (Phi) is 2.81. The topological polar surface area (TPSA) is 96.7 Å². The molecule has 106 valence electrons. The third kappa shape index (κ3) is 2.23. The molecular weight excluding hydrogens is 290 g/mol. The number of H-pyrrole nitrogens is 1. The summed E-state index contributed by atoms with van der Waals surface area (Å²) in [5, 5.41) is 12.3. The van der Waals surface area contributed by atoms with Crippen molar-refractivity contribution < 1.29 is 9.21 Å². The number of rotatable bonds is 4. The van der Waals surface area contributed by atoms with E-state index in [-0.39, 0.29) is 5.91 Å². The van der Waals surface area contributed by atoms with Crippen LogP contribution in [-0.2, 0) is 0 Å².